The van der Waals surface area contributed by atoms with Gasteiger partial charge < -0.3 is 0 Å². The van der Waals surface area contributed by atoms with E-state index < -0.39 is 5.91 Å². The van der Waals surface area contributed by atoms with Gasteiger partial charge in [0.25, 0.3) is 11.8 Å². The molecular weight excluding hydrogens is 196 g/mol. The summed E-state index contributed by atoms with van der Waals surface area (Å²) in [5, 5.41) is 0. The Morgan fingerprint density at radius 3 is 2.67 bits per heavy atom. The molecular formula is C10H12N2O3. The zero-order valence-corrected chi connectivity index (χ0v) is 8.69. The van der Waals surface area contributed by atoms with E-state index in [0.29, 0.717) is 17.9 Å². The van der Waals surface area contributed by atoms with Gasteiger partial charge in [-0.1, -0.05) is 13.8 Å². The van der Waals surface area contributed by atoms with Gasteiger partial charge in [-0.25, -0.2) is 4.79 Å². The second kappa shape index (κ2) is 4.66. The van der Waals surface area contributed by atoms with Crippen molar-refractivity contribution < 1.29 is 14.4 Å². The Kier molecular flexibility index (Phi) is 3.52. The second-order valence-electron chi connectivity index (χ2n) is 3.73. The van der Waals surface area contributed by atoms with Gasteiger partial charge in [0, 0.05) is 11.6 Å². The van der Waals surface area contributed by atoms with E-state index in [4.69, 9.17) is 0 Å². The van der Waals surface area contributed by atoms with Crippen LogP contribution in [0.15, 0.2) is 16.6 Å². The number of carbonyl (C=O) groups is 2. The summed E-state index contributed by atoms with van der Waals surface area (Å²) >= 11 is 0. The van der Waals surface area contributed by atoms with E-state index in [-0.39, 0.29) is 12.6 Å². The highest BCUT2D eigenvalue weighted by atomic mass is 16.2. The van der Waals surface area contributed by atoms with Crippen LogP contribution in [0.1, 0.15) is 20.3 Å². The largest absolute Gasteiger partial charge is 0.269 e. The summed E-state index contributed by atoms with van der Waals surface area (Å²) in [6.45, 7) is 3.69. The third kappa shape index (κ3) is 2.60. The first kappa shape index (κ1) is 11.3. The number of hydrogen-bond donors (Lipinski definition) is 0. The molecule has 0 bridgehead atoms. The number of carbonyl (C=O) groups excluding carboxylic acids is 3. The van der Waals surface area contributed by atoms with Crippen molar-refractivity contribution in [2.75, 3.05) is 6.67 Å². The molecule has 0 aromatic carbocycles. The predicted octanol–water partition coefficient (Wildman–Crippen LogP) is 0.621. The lowest BCUT2D eigenvalue weighted by molar-refractivity contribution is -0.137. The maximum Gasteiger partial charge on any atom is 0.258 e. The first-order chi connectivity index (χ1) is 7.06. The van der Waals surface area contributed by atoms with Crippen LogP contribution in [0.3, 0.4) is 0 Å². The normalized spacial score (nSPS) is 15.7. The van der Waals surface area contributed by atoms with E-state index in [1.54, 1.807) is 0 Å². The highest BCUT2D eigenvalue weighted by molar-refractivity contribution is 6.16. The van der Waals surface area contributed by atoms with Crippen molar-refractivity contribution >= 4 is 17.9 Å². The molecule has 5 heteroatoms. The SMILES string of the molecule is CC(C)CC1=CC(=O)N(CN=C=O)C1=O. The molecule has 0 aromatic heterocycles. The van der Waals surface area contributed by atoms with Gasteiger partial charge in [-0.2, -0.15) is 4.99 Å². The smallest absolute Gasteiger partial charge is 0.258 e. The summed E-state index contributed by atoms with van der Waals surface area (Å²) in [7, 11) is 0. The van der Waals surface area contributed by atoms with Crippen molar-refractivity contribution in [2.24, 2.45) is 10.9 Å². The molecule has 0 saturated carbocycles. The van der Waals surface area contributed by atoms with Crippen LogP contribution >= 0.6 is 0 Å². The van der Waals surface area contributed by atoms with E-state index in [1.807, 2.05) is 13.8 Å². The highest BCUT2D eigenvalue weighted by Gasteiger charge is 2.30. The molecule has 0 fully saturated rings. The number of nitrogens with zero attached hydrogens (tertiary/aromatic N) is 2. The number of rotatable bonds is 4. The fourth-order valence-corrected chi connectivity index (χ4v) is 1.38. The number of amides is 2. The van der Waals surface area contributed by atoms with Gasteiger partial charge in [0.2, 0.25) is 6.08 Å². The van der Waals surface area contributed by atoms with Gasteiger partial charge in [0.05, 0.1) is 0 Å². The lowest BCUT2D eigenvalue weighted by atomic mass is 10.0. The first-order valence-electron chi connectivity index (χ1n) is 4.66. The molecule has 1 aliphatic rings. The second-order valence-corrected chi connectivity index (χ2v) is 3.73. The minimum absolute atomic E-state index is 0.237. The predicted molar refractivity (Wildman–Crippen MR) is 52.4 cm³/mol. The number of isocyanates is 1. The van der Waals surface area contributed by atoms with Crippen LogP contribution in [0.2, 0.25) is 0 Å². The lowest BCUT2D eigenvalue weighted by Crippen LogP contribution is -2.31. The van der Waals surface area contributed by atoms with Crippen molar-refractivity contribution in [3.8, 4) is 0 Å². The minimum Gasteiger partial charge on any atom is -0.269 e. The van der Waals surface area contributed by atoms with Crippen molar-refractivity contribution in [1.82, 2.24) is 4.90 Å². The fourth-order valence-electron chi connectivity index (χ4n) is 1.38. The molecule has 2 amide bonds. The molecule has 0 radical (unpaired) electrons. The molecule has 5 nitrogen and oxygen atoms in total. The zero-order valence-electron chi connectivity index (χ0n) is 8.69. The molecule has 0 saturated heterocycles. The molecule has 1 aliphatic heterocycles. The van der Waals surface area contributed by atoms with Crippen LogP contribution in [0.4, 0.5) is 0 Å². The van der Waals surface area contributed by atoms with Gasteiger partial charge in [0.1, 0.15) is 6.67 Å². The van der Waals surface area contributed by atoms with E-state index in [1.165, 1.54) is 12.2 Å². The first-order valence-corrected chi connectivity index (χ1v) is 4.66. The van der Waals surface area contributed by atoms with Crippen LogP contribution in [-0.4, -0.2) is 29.5 Å². The van der Waals surface area contributed by atoms with Gasteiger partial charge in [-0.15, -0.1) is 0 Å². The van der Waals surface area contributed by atoms with Crippen LogP contribution in [0.5, 0.6) is 0 Å². The summed E-state index contributed by atoms with van der Waals surface area (Å²) in [4.78, 5) is 36.9. The number of aliphatic imine (C=N–C) groups is 1. The molecule has 80 valence electrons. The Morgan fingerprint density at radius 2 is 2.13 bits per heavy atom. The average Bonchev–Trinajstić information content (AvgIpc) is 2.39. The van der Waals surface area contributed by atoms with Crippen LogP contribution in [-0.2, 0) is 14.4 Å². The van der Waals surface area contributed by atoms with Crippen LogP contribution in [0.25, 0.3) is 0 Å². The minimum atomic E-state index is -0.408. The van der Waals surface area contributed by atoms with Crippen molar-refractivity contribution in [1.29, 1.82) is 0 Å². The molecule has 0 aromatic rings. The quantitative estimate of drug-likeness (QED) is 0.386. The maximum absolute atomic E-state index is 11.6. The Morgan fingerprint density at radius 1 is 1.47 bits per heavy atom. The summed E-state index contributed by atoms with van der Waals surface area (Å²) in [6.07, 6.45) is 3.17. The summed E-state index contributed by atoms with van der Waals surface area (Å²) < 4.78 is 0. The summed E-state index contributed by atoms with van der Waals surface area (Å²) in [5.41, 5.74) is 0.482. The number of hydrogen-bond acceptors (Lipinski definition) is 4. The lowest BCUT2D eigenvalue weighted by Gasteiger charge is -2.11. The molecule has 15 heavy (non-hydrogen) atoms. The van der Waals surface area contributed by atoms with E-state index in [0.717, 1.165) is 4.90 Å². The maximum atomic E-state index is 11.6. The third-order valence-corrected chi connectivity index (χ3v) is 1.99. The number of imide groups is 1. The van der Waals surface area contributed by atoms with Gasteiger partial charge in [-0.05, 0) is 12.3 Å². The summed E-state index contributed by atoms with van der Waals surface area (Å²) in [6, 6.07) is 0. The van der Waals surface area contributed by atoms with Gasteiger partial charge >= 0.3 is 0 Å². The standard InChI is InChI=1S/C10H12N2O3/c1-7(2)3-8-4-9(14)12(10(8)15)5-11-6-13/h4,7H,3,5H2,1-2H3. The van der Waals surface area contributed by atoms with E-state index >= 15 is 0 Å². The molecule has 0 N–H and O–H groups in total. The van der Waals surface area contributed by atoms with Gasteiger partial charge in [0.15, 0.2) is 0 Å². The van der Waals surface area contributed by atoms with Crippen LogP contribution < -0.4 is 0 Å². The summed E-state index contributed by atoms with van der Waals surface area (Å²) in [5.74, 6) is -0.454. The fraction of sp³-hybridized carbons (Fsp3) is 0.500. The highest BCUT2D eigenvalue weighted by Crippen LogP contribution is 2.19. The Bertz CT molecular complexity index is 365. The zero-order chi connectivity index (χ0) is 11.4. The van der Waals surface area contributed by atoms with Crippen molar-refractivity contribution in [3.05, 3.63) is 11.6 Å². The topological polar surface area (TPSA) is 66.8 Å². The monoisotopic (exact) mass is 208 g/mol. The molecule has 0 atom stereocenters. The van der Waals surface area contributed by atoms with Gasteiger partial charge in [-0.3, -0.25) is 14.5 Å². The van der Waals surface area contributed by atoms with Crippen LogP contribution in [0, 0.1) is 5.92 Å². The Hall–Kier alpha value is -1.74. The van der Waals surface area contributed by atoms with E-state index in [2.05, 4.69) is 4.99 Å². The molecule has 1 heterocycles. The average molecular weight is 208 g/mol. The molecule has 1 rings (SSSR count). The molecule has 0 unspecified atom stereocenters. The Labute approximate surface area is 87.5 Å². The van der Waals surface area contributed by atoms with E-state index in [9.17, 15) is 14.4 Å². The van der Waals surface area contributed by atoms with Crippen molar-refractivity contribution in [3.63, 3.8) is 0 Å². The molecule has 0 aliphatic carbocycles. The Balaban J connectivity index is 2.73. The third-order valence-electron chi connectivity index (χ3n) is 1.99. The van der Waals surface area contributed by atoms with Crippen molar-refractivity contribution in [2.45, 2.75) is 20.3 Å². The molecule has 0 spiro atoms.